The first-order valence-corrected chi connectivity index (χ1v) is 8.23. The van der Waals surface area contributed by atoms with Crippen LogP contribution in [0.3, 0.4) is 0 Å². The lowest BCUT2D eigenvalue weighted by Gasteiger charge is -2.41. The Balaban J connectivity index is 1.89. The Labute approximate surface area is 125 Å². The molecular weight excluding hydrogens is 281 g/mol. The zero-order valence-electron chi connectivity index (χ0n) is 12.7. The van der Waals surface area contributed by atoms with E-state index in [-0.39, 0.29) is 25.0 Å². The average molecular weight is 308 g/mol. The van der Waals surface area contributed by atoms with Crippen molar-refractivity contribution in [2.45, 2.75) is 70.1 Å². The molecule has 7 unspecified atom stereocenters. The van der Waals surface area contributed by atoms with Crippen molar-refractivity contribution in [2.75, 3.05) is 13.2 Å². The first-order valence-electron chi connectivity index (χ1n) is 8.23. The van der Waals surface area contributed by atoms with Crippen molar-refractivity contribution in [3.63, 3.8) is 0 Å². The Hall–Kier alpha value is -0.290. The summed E-state index contributed by atoms with van der Waals surface area (Å²) in [4.78, 5) is 0. The molecule has 7 atom stereocenters. The minimum atomic E-state index is -1.61. The zero-order valence-corrected chi connectivity index (χ0v) is 12.7. The third-order valence-corrected chi connectivity index (χ3v) is 5.16. The lowest BCUT2D eigenvalue weighted by atomic mass is 9.68. The van der Waals surface area contributed by atoms with Crippen LogP contribution in [0, 0.1) is 17.8 Å². The van der Waals surface area contributed by atoms with Gasteiger partial charge in [-0.25, -0.2) is 13.2 Å². The van der Waals surface area contributed by atoms with Gasteiger partial charge in [-0.2, -0.15) is 0 Å². The molecule has 0 aliphatic heterocycles. The Kier molecular flexibility index (Phi) is 6.35. The van der Waals surface area contributed by atoms with Crippen LogP contribution in [0.5, 0.6) is 0 Å². The second-order valence-corrected chi connectivity index (χ2v) is 6.57. The summed E-state index contributed by atoms with van der Waals surface area (Å²) in [6, 6.07) is 0. The van der Waals surface area contributed by atoms with Gasteiger partial charge in [0.1, 0.15) is 18.5 Å². The van der Waals surface area contributed by atoms with Gasteiger partial charge in [-0.1, -0.05) is 6.92 Å². The van der Waals surface area contributed by atoms with Crippen molar-refractivity contribution in [3.8, 4) is 0 Å². The molecule has 21 heavy (non-hydrogen) atoms. The van der Waals surface area contributed by atoms with Gasteiger partial charge in [-0.15, -0.1) is 0 Å². The van der Waals surface area contributed by atoms with Crippen molar-refractivity contribution in [1.29, 1.82) is 0 Å². The van der Waals surface area contributed by atoms with Crippen LogP contribution in [-0.4, -0.2) is 42.9 Å². The Morgan fingerprint density at radius 1 is 1.05 bits per heavy atom. The van der Waals surface area contributed by atoms with Crippen LogP contribution >= 0.6 is 0 Å². The second-order valence-electron chi connectivity index (χ2n) is 6.57. The smallest absolute Gasteiger partial charge is 0.136 e. The summed E-state index contributed by atoms with van der Waals surface area (Å²) in [5, 5.41) is 9.05. The molecule has 0 aromatic heterocycles. The second kappa shape index (κ2) is 7.82. The van der Waals surface area contributed by atoms with Gasteiger partial charge in [0.2, 0.25) is 0 Å². The normalized spacial score (nSPS) is 44.7. The quantitative estimate of drug-likeness (QED) is 0.840. The van der Waals surface area contributed by atoms with Gasteiger partial charge >= 0.3 is 0 Å². The molecule has 124 valence electrons. The lowest BCUT2D eigenvalue weighted by molar-refractivity contribution is -0.0689. The molecule has 2 nitrogen and oxygen atoms in total. The summed E-state index contributed by atoms with van der Waals surface area (Å²) in [6.07, 6.45) is -1.17. The molecule has 0 amide bonds. The van der Waals surface area contributed by atoms with Crippen molar-refractivity contribution < 1.29 is 23.0 Å². The van der Waals surface area contributed by atoms with Crippen LogP contribution < -0.4 is 0 Å². The minimum absolute atomic E-state index is 0.102. The van der Waals surface area contributed by atoms with E-state index in [0.29, 0.717) is 32.3 Å². The summed E-state index contributed by atoms with van der Waals surface area (Å²) >= 11 is 0. The molecule has 0 radical (unpaired) electrons. The number of alkyl halides is 3. The summed E-state index contributed by atoms with van der Waals surface area (Å²) in [7, 11) is 0. The fraction of sp³-hybridized carbons (Fsp3) is 1.00. The fourth-order valence-corrected chi connectivity index (χ4v) is 3.87. The average Bonchev–Trinajstić information content (AvgIpc) is 2.49. The van der Waals surface area contributed by atoms with Crippen LogP contribution in [0.1, 0.15) is 45.4 Å². The minimum Gasteiger partial charge on any atom is -0.396 e. The molecule has 0 aromatic carbocycles. The van der Waals surface area contributed by atoms with E-state index >= 15 is 0 Å². The van der Waals surface area contributed by atoms with Crippen molar-refractivity contribution in [1.82, 2.24) is 0 Å². The number of hydrogen-bond acceptors (Lipinski definition) is 2. The number of aliphatic hydroxyl groups is 1. The predicted octanol–water partition coefficient (Wildman–Crippen LogP) is 3.61. The number of ether oxygens (including phenoxy) is 1. The third-order valence-electron chi connectivity index (χ3n) is 5.16. The highest BCUT2D eigenvalue weighted by Gasteiger charge is 2.45. The van der Waals surface area contributed by atoms with Crippen LogP contribution in [-0.2, 0) is 4.74 Å². The fourth-order valence-electron chi connectivity index (χ4n) is 3.87. The van der Waals surface area contributed by atoms with E-state index in [4.69, 9.17) is 9.84 Å². The van der Waals surface area contributed by atoms with E-state index in [1.165, 1.54) is 0 Å². The molecule has 0 bridgehead atoms. The van der Waals surface area contributed by atoms with Crippen molar-refractivity contribution in [2.24, 2.45) is 17.8 Å². The van der Waals surface area contributed by atoms with Crippen molar-refractivity contribution in [3.05, 3.63) is 0 Å². The largest absolute Gasteiger partial charge is 0.396 e. The molecule has 0 heterocycles. The summed E-state index contributed by atoms with van der Waals surface area (Å²) < 4.78 is 47.8. The highest BCUT2D eigenvalue weighted by molar-refractivity contribution is 4.94. The van der Waals surface area contributed by atoms with E-state index in [9.17, 15) is 13.2 Å². The van der Waals surface area contributed by atoms with Crippen LogP contribution in [0.2, 0.25) is 0 Å². The van der Waals surface area contributed by atoms with E-state index < -0.39 is 30.4 Å². The first kappa shape index (κ1) is 17.1. The van der Waals surface area contributed by atoms with Gasteiger partial charge < -0.3 is 9.84 Å². The van der Waals surface area contributed by atoms with Crippen LogP contribution in [0.4, 0.5) is 13.2 Å². The van der Waals surface area contributed by atoms with Gasteiger partial charge in [0.05, 0.1) is 6.10 Å². The Bertz CT molecular complexity index is 316. The maximum absolute atomic E-state index is 14.3. The topological polar surface area (TPSA) is 29.5 Å². The number of halogens is 3. The van der Waals surface area contributed by atoms with E-state index in [2.05, 4.69) is 0 Å². The molecule has 5 heteroatoms. The Morgan fingerprint density at radius 3 is 2.43 bits per heavy atom. The molecule has 0 spiro atoms. The van der Waals surface area contributed by atoms with Crippen molar-refractivity contribution >= 4 is 0 Å². The molecule has 2 saturated carbocycles. The van der Waals surface area contributed by atoms with E-state index in [1.807, 2.05) is 6.92 Å². The molecule has 0 aromatic rings. The summed E-state index contributed by atoms with van der Waals surface area (Å²) in [5.74, 6) is -1.11. The van der Waals surface area contributed by atoms with Gasteiger partial charge in [0.15, 0.2) is 0 Å². The maximum Gasteiger partial charge on any atom is 0.136 e. The molecule has 2 rings (SSSR count). The van der Waals surface area contributed by atoms with Gasteiger partial charge in [0, 0.05) is 19.1 Å². The van der Waals surface area contributed by atoms with Crippen LogP contribution in [0.15, 0.2) is 0 Å². The SMILES string of the molecule is CCCOC1CCC(C2CCC(CO)C(F)C2F)CC1F. The highest BCUT2D eigenvalue weighted by atomic mass is 19.2. The monoisotopic (exact) mass is 308 g/mol. The molecule has 0 saturated heterocycles. The van der Waals surface area contributed by atoms with Gasteiger partial charge in [0.25, 0.3) is 0 Å². The molecular formula is C16H27F3O2. The molecule has 2 fully saturated rings. The molecule has 2 aliphatic rings. The lowest BCUT2D eigenvalue weighted by Crippen LogP contribution is -2.45. The third kappa shape index (κ3) is 3.92. The standard InChI is InChI=1S/C16H27F3O2/c1-2-7-21-14-6-4-10(8-13(14)17)12-5-3-11(9-20)15(18)16(12)19/h10-16,20H,2-9H2,1H3. The number of aliphatic hydroxyl groups excluding tert-OH is 1. The van der Waals surface area contributed by atoms with Gasteiger partial charge in [-0.3, -0.25) is 0 Å². The highest BCUT2D eigenvalue weighted by Crippen LogP contribution is 2.43. The summed E-state index contributed by atoms with van der Waals surface area (Å²) in [6.45, 7) is 2.22. The number of hydrogen-bond donors (Lipinski definition) is 1. The van der Waals surface area contributed by atoms with Crippen LogP contribution in [0.25, 0.3) is 0 Å². The van der Waals surface area contributed by atoms with E-state index in [0.717, 1.165) is 6.42 Å². The Morgan fingerprint density at radius 2 is 1.81 bits per heavy atom. The van der Waals surface area contributed by atoms with E-state index in [1.54, 1.807) is 0 Å². The number of rotatable bonds is 5. The molecule has 1 N–H and O–H groups in total. The van der Waals surface area contributed by atoms with Gasteiger partial charge in [-0.05, 0) is 50.4 Å². The zero-order chi connectivity index (χ0) is 15.4. The molecule has 2 aliphatic carbocycles. The predicted molar refractivity (Wildman–Crippen MR) is 75.4 cm³/mol. The maximum atomic E-state index is 14.3. The summed E-state index contributed by atoms with van der Waals surface area (Å²) in [5.41, 5.74) is 0. The first-order chi connectivity index (χ1) is 10.1.